The molecule has 2 rings (SSSR count). The summed E-state index contributed by atoms with van der Waals surface area (Å²) in [4.78, 5) is 0. The molecule has 0 radical (unpaired) electrons. The van der Waals surface area contributed by atoms with Crippen LogP contribution in [0, 0.1) is 11.7 Å². The molecule has 1 fully saturated rings. The average molecular weight is 230 g/mol. The van der Waals surface area contributed by atoms with Crippen LogP contribution in [-0.2, 0) is 0 Å². The summed E-state index contributed by atoms with van der Waals surface area (Å²) in [6, 6.07) is 2.62. The Balaban J connectivity index is 1.96. The van der Waals surface area contributed by atoms with Crippen molar-refractivity contribution < 1.29 is 9.13 Å². The van der Waals surface area contributed by atoms with Gasteiger partial charge in [-0.05, 0) is 18.4 Å². The molecule has 0 saturated heterocycles. The molecule has 1 aliphatic rings. The van der Waals surface area contributed by atoms with Crippen LogP contribution in [0.25, 0.3) is 0 Å². The Labute approximate surface area is 93.2 Å². The fourth-order valence-electron chi connectivity index (χ4n) is 1.41. The lowest BCUT2D eigenvalue weighted by atomic mass is 10.3. The van der Waals surface area contributed by atoms with Crippen LogP contribution in [0.15, 0.2) is 12.1 Å². The van der Waals surface area contributed by atoms with Crippen LogP contribution in [0.2, 0.25) is 5.02 Å². The molecular formula is C11H13ClFNO. The van der Waals surface area contributed by atoms with Crippen LogP contribution < -0.4 is 10.5 Å². The van der Waals surface area contributed by atoms with Gasteiger partial charge in [0.25, 0.3) is 0 Å². The Morgan fingerprint density at radius 2 is 2.20 bits per heavy atom. The predicted molar refractivity (Wildman–Crippen MR) is 58.7 cm³/mol. The molecule has 1 saturated carbocycles. The van der Waals surface area contributed by atoms with Gasteiger partial charge in [0.15, 0.2) is 0 Å². The van der Waals surface area contributed by atoms with Gasteiger partial charge < -0.3 is 10.5 Å². The average Bonchev–Trinajstić information content (AvgIpc) is 2.97. The summed E-state index contributed by atoms with van der Waals surface area (Å²) in [5.74, 6) is 0.688. The van der Waals surface area contributed by atoms with Gasteiger partial charge in [0.2, 0.25) is 0 Å². The number of halogens is 2. The van der Waals surface area contributed by atoms with Crippen LogP contribution in [0.1, 0.15) is 19.3 Å². The highest BCUT2D eigenvalue weighted by atomic mass is 35.5. The maximum absolute atomic E-state index is 13.1. The molecule has 1 aromatic carbocycles. The first-order valence-electron chi connectivity index (χ1n) is 5.04. The molecule has 1 aromatic rings. The Morgan fingerprint density at radius 1 is 1.47 bits per heavy atom. The zero-order valence-electron chi connectivity index (χ0n) is 8.30. The minimum Gasteiger partial charge on any atom is -0.491 e. The van der Waals surface area contributed by atoms with Crippen LogP contribution in [-0.4, -0.2) is 6.61 Å². The fraction of sp³-hybridized carbons (Fsp3) is 0.455. The van der Waals surface area contributed by atoms with Crippen LogP contribution in [0.4, 0.5) is 10.1 Å². The van der Waals surface area contributed by atoms with E-state index in [4.69, 9.17) is 22.1 Å². The van der Waals surface area contributed by atoms with Gasteiger partial charge in [0.1, 0.15) is 11.6 Å². The molecule has 0 spiro atoms. The van der Waals surface area contributed by atoms with E-state index in [9.17, 15) is 4.39 Å². The van der Waals surface area contributed by atoms with Gasteiger partial charge in [-0.3, -0.25) is 0 Å². The van der Waals surface area contributed by atoms with E-state index in [1.807, 2.05) is 0 Å². The van der Waals surface area contributed by atoms with Crippen molar-refractivity contribution in [2.45, 2.75) is 19.3 Å². The number of anilines is 1. The second-order valence-corrected chi connectivity index (χ2v) is 4.29. The SMILES string of the molecule is Nc1cc(Cl)c(F)cc1OCCC1CC1. The second kappa shape index (κ2) is 4.27. The van der Waals surface area contributed by atoms with Crippen LogP contribution in [0.5, 0.6) is 5.75 Å². The molecular weight excluding hydrogens is 217 g/mol. The smallest absolute Gasteiger partial charge is 0.145 e. The molecule has 2 nitrogen and oxygen atoms in total. The van der Waals surface area contributed by atoms with E-state index in [1.165, 1.54) is 25.0 Å². The summed E-state index contributed by atoms with van der Waals surface area (Å²) in [7, 11) is 0. The van der Waals surface area contributed by atoms with E-state index in [0.29, 0.717) is 18.0 Å². The third kappa shape index (κ3) is 2.75. The highest BCUT2D eigenvalue weighted by Gasteiger charge is 2.20. The van der Waals surface area contributed by atoms with Crippen LogP contribution in [0.3, 0.4) is 0 Å². The lowest BCUT2D eigenvalue weighted by molar-refractivity contribution is 0.302. The fourth-order valence-corrected chi connectivity index (χ4v) is 1.58. The van der Waals surface area contributed by atoms with Crippen molar-refractivity contribution >= 4 is 17.3 Å². The van der Waals surface area contributed by atoms with Crippen molar-refractivity contribution in [3.05, 3.63) is 23.0 Å². The van der Waals surface area contributed by atoms with Crippen molar-refractivity contribution in [1.29, 1.82) is 0 Å². The van der Waals surface area contributed by atoms with Gasteiger partial charge in [-0.2, -0.15) is 0 Å². The lowest BCUT2D eigenvalue weighted by Gasteiger charge is -2.09. The van der Waals surface area contributed by atoms with E-state index >= 15 is 0 Å². The maximum Gasteiger partial charge on any atom is 0.145 e. The standard InChI is InChI=1S/C11H13ClFNO/c12-8-5-10(14)11(6-9(8)13)15-4-3-7-1-2-7/h5-7H,1-4,14H2. The highest BCUT2D eigenvalue weighted by molar-refractivity contribution is 6.31. The summed E-state index contributed by atoms with van der Waals surface area (Å²) in [5, 5.41) is 0.0297. The molecule has 0 atom stereocenters. The first kappa shape index (κ1) is 10.6. The molecule has 0 aromatic heterocycles. The number of benzene rings is 1. The topological polar surface area (TPSA) is 35.2 Å². The third-order valence-electron chi connectivity index (χ3n) is 2.53. The molecule has 0 aliphatic heterocycles. The van der Waals surface area contributed by atoms with Crippen molar-refractivity contribution in [3.8, 4) is 5.75 Å². The van der Waals surface area contributed by atoms with E-state index < -0.39 is 5.82 Å². The zero-order chi connectivity index (χ0) is 10.8. The van der Waals surface area contributed by atoms with Crippen molar-refractivity contribution in [1.82, 2.24) is 0 Å². The maximum atomic E-state index is 13.1. The zero-order valence-corrected chi connectivity index (χ0v) is 9.06. The Kier molecular flexibility index (Phi) is 3.00. The van der Waals surface area contributed by atoms with Gasteiger partial charge in [-0.25, -0.2) is 4.39 Å². The molecule has 82 valence electrons. The first-order valence-corrected chi connectivity index (χ1v) is 5.42. The molecule has 2 N–H and O–H groups in total. The number of hydrogen-bond acceptors (Lipinski definition) is 2. The minimum atomic E-state index is -0.493. The van der Waals surface area contributed by atoms with Crippen molar-refractivity contribution in [3.63, 3.8) is 0 Å². The molecule has 0 amide bonds. The first-order chi connectivity index (χ1) is 7.16. The number of nitrogen functional groups attached to an aromatic ring is 1. The highest BCUT2D eigenvalue weighted by Crippen LogP contribution is 2.33. The number of rotatable bonds is 4. The number of nitrogens with two attached hydrogens (primary N) is 1. The summed E-state index contributed by atoms with van der Waals surface area (Å²) in [5.41, 5.74) is 6.03. The van der Waals surface area contributed by atoms with Crippen molar-refractivity contribution in [2.75, 3.05) is 12.3 Å². The molecule has 1 aliphatic carbocycles. The van der Waals surface area contributed by atoms with E-state index in [2.05, 4.69) is 0 Å². The Hall–Kier alpha value is -0.960. The monoisotopic (exact) mass is 229 g/mol. The van der Waals surface area contributed by atoms with E-state index in [1.54, 1.807) is 0 Å². The Morgan fingerprint density at radius 3 is 2.87 bits per heavy atom. The van der Waals surface area contributed by atoms with Gasteiger partial charge in [-0.15, -0.1) is 0 Å². The molecule has 0 unspecified atom stereocenters. The molecule has 15 heavy (non-hydrogen) atoms. The van der Waals surface area contributed by atoms with E-state index in [-0.39, 0.29) is 5.02 Å². The lowest BCUT2D eigenvalue weighted by Crippen LogP contribution is -2.01. The largest absolute Gasteiger partial charge is 0.491 e. The summed E-state index contributed by atoms with van der Waals surface area (Å²) < 4.78 is 18.5. The summed E-state index contributed by atoms with van der Waals surface area (Å²) in [6.07, 6.45) is 3.59. The second-order valence-electron chi connectivity index (χ2n) is 3.88. The summed E-state index contributed by atoms with van der Waals surface area (Å²) >= 11 is 5.57. The van der Waals surface area contributed by atoms with Gasteiger partial charge in [0.05, 0.1) is 17.3 Å². The predicted octanol–water partition coefficient (Wildman–Crippen LogP) is 3.24. The van der Waals surface area contributed by atoms with Crippen LogP contribution >= 0.6 is 11.6 Å². The molecule has 4 heteroatoms. The number of ether oxygens (including phenoxy) is 1. The van der Waals surface area contributed by atoms with Gasteiger partial charge in [0, 0.05) is 6.07 Å². The minimum absolute atomic E-state index is 0.0297. The number of hydrogen-bond donors (Lipinski definition) is 1. The Bertz CT molecular complexity index is 366. The third-order valence-corrected chi connectivity index (χ3v) is 2.82. The summed E-state index contributed by atoms with van der Waals surface area (Å²) in [6.45, 7) is 0.593. The van der Waals surface area contributed by atoms with Gasteiger partial charge in [-0.1, -0.05) is 24.4 Å². The molecule has 0 bridgehead atoms. The quantitative estimate of drug-likeness (QED) is 0.805. The normalized spacial score (nSPS) is 15.3. The van der Waals surface area contributed by atoms with Gasteiger partial charge >= 0.3 is 0 Å². The molecule has 0 heterocycles. The van der Waals surface area contributed by atoms with E-state index in [0.717, 1.165) is 12.3 Å². The van der Waals surface area contributed by atoms with Crippen molar-refractivity contribution in [2.24, 2.45) is 5.92 Å².